The van der Waals surface area contributed by atoms with Gasteiger partial charge in [-0.1, -0.05) is 18.2 Å². The van der Waals surface area contributed by atoms with Gasteiger partial charge in [-0.15, -0.1) is 0 Å². The van der Waals surface area contributed by atoms with Crippen molar-refractivity contribution in [3.63, 3.8) is 0 Å². The maximum atomic E-state index is 6.00. The SMILES string of the molecule is Cc1cc(C)cc(OCCCCn2c(C(C)N3CCOCC3)nc3ccccc32)c1. The molecule has 5 heteroatoms. The van der Waals surface area contributed by atoms with Crippen molar-refractivity contribution < 1.29 is 9.47 Å². The van der Waals surface area contributed by atoms with Crippen LogP contribution in [0, 0.1) is 13.8 Å². The Kier molecular flexibility index (Phi) is 6.70. The summed E-state index contributed by atoms with van der Waals surface area (Å²) in [5.74, 6) is 2.13. The van der Waals surface area contributed by atoms with Crippen molar-refractivity contribution in [1.82, 2.24) is 14.5 Å². The molecule has 0 saturated carbocycles. The van der Waals surface area contributed by atoms with E-state index >= 15 is 0 Å². The Hall–Kier alpha value is -2.37. The van der Waals surface area contributed by atoms with Crippen LogP contribution in [0.3, 0.4) is 0 Å². The first-order valence-electron chi connectivity index (χ1n) is 11.1. The fourth-order valence-electron chi connectivity index (χ4n) is 4.35. The summed E-state index contributed by atoms with van der Waals surface area (Å²) in [6.07, 6.45) is 2.08. The van der Waals surface area contributed by atoms with Crippen LogP contribution in [0.2, 0.25) is 0 Å². The van der Waals surface area contributed by atoms with Gasteiger partial charge in [0.05, 0.1) is 36.9 Å². The van der Waals surface area contributed by atoms with Crippen LogP contribution in [-0.2, 0) is 11.3 Å². The average molecular weight is 408 g/mol. The third kappa shape index (κ3) is 4.85. The predicted octanol–water partition coefficient (Wildman–Crippen LogP) is 4.91. The van der Waals surface area contributed by atoms with Gasteiger partial charge in [0.1, 0.15) is 11.6 Å². The summed E-state index contributed by atoms with van der Waals surface area (Å²) < 4.78 is 13.9. The van der Waals surface area contributed by atoms with E-state index in [1.54, 1.807) is 0 Å². The summed E-state index contributed by atoms with van der Waals surface area (Å²) in [6, 6.07) is 15.2. The number of fused-ring (bicyclic) bond motifs is 1. The van der Waals surface area contributed by atoms with E-state index in [1.807, 2.05) is 0 Å². The van der Waals surface area contributed by atoms with Crippen LogP contribution in [0.1, 0.15) is 42.8 Å². The Morgan fingerprint density at radius 2 is 1.77 bits per heavy atom. The first-order chi connectivity index (χ1) is 14.6. The number of imidazole rings is 1. The number of benzene rings is 2. The van der Waals surface area contributed by atoms with E-state index in [4.69, 9.17) is 14.5 Å². The van der Waals surface area contributed by atoms with Crippen LogP contribution in [0.15, 0.2) is 42.5 Å². The molecule has 1 saturated heterocycles. The molecular formula is C25H33N3O2. The largest absolute Gasteiger partial charge is 0.494 e. The molecular weight excluding hydrogens is 374 g/mol. The zero-order chi connectivity index (χ0) is 20.9. The second-order valence-electron chi connectivity index (χ2n) is 8.31. The smallest absolute Gasteiger partial charge is 0.127 e. The van der Waals surface area contributed by atoms with Gasteiger partial charge >= 0.3 is 0 Å². The van der Waals surface area contributed by atoms with Crippen LogP contribution in [0.4, 0.5) is 0 Å². The quantitative estimate of drug-likeness (QED) is 0.498. The van der Waals surface area contributed by atoms with E-state index < -0.39 is 0 Å². The minimum Gasteiger partial charge on any atom is -0.494 e. The molecule has 1 aromatic heterocycles. The molecule has 0 N–H and O–H groups in total. The summed E-state index contributed by atoms with van der Waals surface area (Å²) in [7, 11) is 0. The molecule has 5 nitrogen and oxygen atoms in total. The van der Waals surface area contributed by atoms with Crippen molar-refractivity contribution in [2.45, 2.75) is 46.2 Å². The standard InChI is InChI=1S/C25H33N3O2/c1-19-16-20(2)18-22(17-19)30-13-7-6-10-28-24-9-5-4-8-23(24)26-25(28)21(3)27-11-14-29-15-12-27/h4-5,8-9,16-18,21H,6-7,10-15H2,1-3H3. The fourth-order valence-corrected chi connectivity index (χ4v) is 4.35. The summed E-state index contributed by atoms with van der Waals surface area (Å²) in [5, 5.41) is 0. The predicted molar refractivity (Wildman–Crippen MR) is 121 cm³/mol. The number of morpholine rings is 1. The number of ether oxygens (including phenoxy) is 2. The average Bonchev–Trinajstić information content (AvgIpc) is 3.11. The molecule has 2 aromatic carbocycles. The molecule has 2 heterocycles. The normalized spacial score (nSPS) is 16.1. The van der Waals surface area contributed by atoms with Gasteiger partial charge in [0, 0.05) is 19.6 Å². The first kappa shape index (κ1) is 20.9. The maximum Gasteiger partial charge on any atom is 0.127 e. The minimum absolute atomic E-state index is 0.285. The van der Waals surface area contributed by atoms with Gasteiger partial charge in [-0.05, 0) is 69.0 Å². The molecule has 0 amide bonds. The molecule has 1 fully saturated rings. The molecule has 1 aliphatic heterocycles. The van der Waals surface area contributed by atoms with Gasteiger partial charge < -0.3 is 14.0 Å². The molecule has 3 aromatic rings. The molecule has 160 valence electrons. The molecule has 1 unspecified atom stereocenters. The van der Waals surface area contributed by atoms with Crippen LogP contribution in [0.5, 0.6) is 5.75 Å². The van der Waals surface area contributed by atoms with Crippen molar-refractivity contribution in [2.75, 3.05) is 32.9 Å². The summed E-state index contributed by atoms with van der Waals surface area (Å²) in [6.45, 7) is 11.7. The highest BCUT2D eigenvalue weighted by atomic mass is 16.5. The molecule has 0 aliphatic carbocycles. The maximum absolute atomic E-state index is 6.00. The molecule has 1 atom stereocenters. The molecule has 4 rings (SSSR count). The lowest BCUT2D eigenvalue weighted by Gasteiger charge is -2.32. The van der Waals surface area contributed by atoms with Gasteiger partial charge in [0.15, 0.2) is 0 Å². The van der Waals surface area contributed by atoms with E-state index in [2.05, 4.69) is 72.7 Å². The molecule has 0 spiro atoms. The number of unbranched alkanes of at least 4 members (excludes halogenated alkanes) is 1. The van der Waals surface area contributed by atoms with Crippen molar-refractivity contribution in [3.8, 4) is 5.75 Å². The number of para-hydroxylation sites is 2. The fraction of sp³-hybridized carbons (Fsp3) is 0.480. The lowest BCUT2D eigenvalue weighted by atomic mass is 10.1. The van der Waals surface area contributed by atoms with Gasteiger partial charge in [-0.25, -0.2) is 4.98 Å². The van der Waals surface area contributed by atoms with E-state index in [-0.39, 0.29) is 6.04 Å². The number of hydrogen-bond acceptors (Lipinski definition) is 4. The summed E-state index contributed by atoms with van der Waals surface area (Å²) in [4.78, 5) is 7.48. The lowest BCUT2D eigenvalue weighted by Crippen LogP contribution is -2.39. The van der Waals surface area contributed by atoms with Crippen molar-refractivity contribution in [1.29, 1.82) is 0 Å². The first-order valence-corrected chi connectivity index (χ1v) is 11.1. The highest BCUT2D eigenvalue weighted by Gasteiger charge is 2.23. The van der Waals surface area contributed by atoms with Crippen molar-refractivity contribution in [3.05, 3.63) is 59.4 Å². The number of rotatable bonds is 8. The van der Waals surface area contributed by atoms with E-state index in [9.17, 15) is 0 Å². The van der Waals surface area contributed by atoms with E-state index in [0.717, 1.165) is 69.4 Å². The highest BCUT2D eigenvalue weighted by molar-refractivity contribution is 5.76. The number of hydrogen-bond donors (Lipinski definition) is 0. The Bertz CT molecular complexity index is 955. The number of nitrogens with zero attached hydrogens (tertiary/aromatic N) is 3. The number of aromatic nitrogens is 2. The summed E-state index contributed by atoms with van der Waals surface area (Å²) in [5.41, 5.74) is 4.80. The topological polar surface area (TPSA) is 39.5 Å². The zero-order valence-electron chi connectivity index (χ0n) is 18.4. The van der Waals surface area contributed by atoms with Crippen LogP contribution in [0.25, 0.3) is 11.0 Å². The van der Waals surface area contributed by atoms with Gasteiger partial charge in [-0.3, -0.25) is 4.90 Å². The molecule has 1 aliphatic rings. The van der Waals surface area contributed by atoms with Crippen LogP contribution in [-0.4, -0.2) is 47.4 Å². The second-order valence-corrected chi connectivity index (χ2v) is 8.31. The monoisotopic (exact) mass is 407 g/mol. The van der Waals surface area contributed by atoms with Gasteiger partial charge in [0.25, 0.3) is 0 Å². The minimum atomic E-state index is 0.285. The molecule has 0 radical (unpaired) electrons. The Morgan fingerprint density at radius 1 is 1.03 bits per heavy atom. The Morgan fingerprint density at radius 3 is 2.53 bits per heavy atom. The van der Waals surface area contributed by atoms with E-state index in [1.165, 1.54) is 16.6 Å². The molecule has 0 bridgehead atoms. The van der Waals surface area contributed by atoms with E-state index in [0.29, 0.717) is 0 Å². The van der Waals surface area contributed by atoms with Gasteiger partial charge in [0.2, 0.25) is 0 Å². The lowest BCUT2D eigenvalue weighted by molar-refractivity contribution is 0.0176. The highest BCUT2D eigenvalue weighted by Crippen LogP contribution is 2.26. The third-order valence-electron chi connectivity index (χ3n) is 5.89. The van der Waals surface area contributed by atoms with Crippen LogP contribution < -0.4 is 4.74 Å². The molecule has 30 heavy (non-hydrogen) atoms. The summed E-state index contributed by atoms with van der Waals surface area (Å²) >= 11 is 0. The zero-order valence-corrected chi connectivity index (χ0v) is 18.4. The van der Waals surface area contributed by atoms with Crippen LogP contribution >= 0.6 is 0 Å². The Balaban J connectivity index is 1.41. The van der Waals surface area contributed by atoms with Gasteiger partial charge in [-0.2, -0.15) is 0 Å². The third-order valence-corrected chi connectivity index (χ3v) is 5.89. The Labute approximate surface area is 179 Å². The van der Waals surface area contributed by atoms with Crippen molar-refractivity contribution >= 4 is 11.0 Å². The second kappa shape index (κ2) is 9.63. The number of aryl methyl sites for hydroxylation is 3. The van der Waals surface area contributed by atoms with Crippen molar-refractivity contribution in [2.24, 2.45) is 0 Å².